The molecule has 0 heterocycles. The molecule has 0 amide bonds. The molecule has 17 heavy (non-hydrogen) atoms. The van der Waals surface area contributed by atoms with Gasteiger partial charge >= 0.3 is 0 Å². The van der Waals surface area contributed by atoms with Crippen molar-refractivity contribution >= 4 is 15.7 Å². The predicted molar refractivity (Wildman–Crippen MR) is 63.1 cm³/mol. The Morgan fingerprint density at radius 3 is 2.53 bits per heavy atom. The van der Waals surface area contributed by atoms with Crippen molar-refractivity contribution in [3.63, 3.8) is 0 Å². The summed E-state index contributed by atoms with van der Waals surface area (Å²) in [7, 11) is -3.21. The number of sulfonamides is 1. The molecular weight excluding hydrogens is 240 g/mol. The van der Waals surface area contributed by atoms with E-state index >= 15 is 0 Å². The van der Waals surface area contributed by atoms with Gasteiger partial charge in [-0.3, -0.25) is 4.72 Å². The maximum absolute atomic E-state index is 11.6. The summed E-state index contributed by atoms with van der Waals surface area (Å²) in [6, 6.07) is 8.35. The summed E-state index contributed by atoms with van der Waals surface area (Å²) in [4.78, 5) is 0. The Hall–Kier alpha value is -1.74. The monoisotopic (exact) mass is 252 g/mol. The number of benzene rings is 1. The Morgan fingerprint density at radius 1 is 1.35 bits per heavy atom. The van der Waals surface area contributed by atoms with Gasteiger partial charge in [0.1, 0.15) is 11.8 Å². The quantitative estimate of drug-likeness (QED) is 0.861. The van der Waals surface area contributed by atoms with Crippen molar-refractivity contribution in [2.75, 3.05) is 11.3 Å². The molecule has 0 bridgehead atoms. The zero-order chi connectivity index (χ0) is 12.3. The molecule has 1 N–H and O–H groups in total. The highest BCUT2D eigenvalue weighted by atomic mass is 32.2. The third-order valence-electron chi connectivity index (χ3n) is 2.38. The molecule has 0 radical (unpaired) electrons. The molecule has 0 atom stereocenters. The Bertz CT molecular complexity index is 527. The fourth-order valence-electron chi connectivity index (χ4n) is 1.36. The molecule has 1 fully saturated rings. The van der Waals surface area contributed by atoms with Gasteiger partial charge < -0.3 is 4.74 Å². The first-order chi connectivity index (χ1) is 8.12. The van der Waals surface area contributed by atoms with Gasteiger partial charge in [0.15, 0.2) is 6.61 Å². The van der Waals surface area contributed by atoms with E-state index in [1.807, 2.05) is 6.07 Å². The summed E-state index contributed by atoms with van der Waals surface area (Å²) in [5, 5.41) is 8.10. The van der Waals surface area contributed by atoms with Crippen molar-refractivity contribution < 1.29 is 13.2 Å². The van der Waals surface area contributed by atoms with Gasteiger partial charge in [-0.15, -0.1) is 0 Å². The van der Waals surface area contributed by atoms with Gasteiger partial charge in [0, 0.05) is 5.69 Å². The Morgan fingerprint density at radius 2 is 2.00 bits per heavy atom. The fraction of sp³-hybridized carbons (Fsp3) is 0.364. The Kier molecular flexibility index (Phi) is 3.20. The summed E-state index contributed by atoms with van der Waals surface area (Å²) < 4.78 is 30.8. The predicted octanol–water partition coefficient (Wildman–Crippen LogP) is 1.49. The number of hydrogen-bond acceptors (Lipinski definition) is 4. The summed E-state index contributed by atoms with van der Waals surface area (Å²) in [6.07, 6.45) is 1.47. The van der Waals surface area contributed by atoms with Crippen molar-refractivity contribution in [1.29, 1.82) is 5.26 Å². The highest BCUT2D eigenvalue weighted by Gasteiger charge is 2.35. The summed E-state index contributed by atoms with van der Waals surface area (Å²) >= 11 is 0. The van der Waals surface area contributed by atoms with Crippen LogP contribution in [0.1, 0.15) is 12.8 Å². The van der Waals surface area contributed by atoms with Crippen LogP contribution in [0.2, 0.25) is 0 Å². The second-order valence-electron chi connectivity index (χ2n) is 3.82. The number of nitrogens with one attached hydrogen (secondary N) is 1. The van der Waals surface area contributed by atoms with Crippen molar-refractivity contribution in [2.45, 2.75) is 18.1 Å². The third kappa shape index (κ3) is 3.11. The Balaban J connectivity index is 2.01. The molecule has 0 saturated heterocycles. The lowest BCUT2D eigenvalue weighted by Crippen LogP contribution is -2.17. The van der Waals surface area contributed by atoms with Crippen molar-refractivity contribution in [2.24, 2.45) is 0 Å². The number of rotatable bonds is 5. The minimum Gasteiger partial charge on any atom is -0.479 e. The lowest BCUT2D eigenvalue weighted by molar-refractivity contribution is 0.368. The van der Waals surface area contributed by atoms with E-state index in [0.29, 0.717) is 11.4 Å². The molecule has 0 aliphatic heterocycles. The highest BCUT2D eigenvalue weighted by Crippen LogP contribution is 2.29. The van der Waals surface area contributed by atoms with Crippen LogP contribution < -0.4 is 9.46 Å². The van der Waals surface area contributed by atoms with E-state index in [0.717, 1.165) is 12.8 Å². The standard InChI is InChI=1S/C11H12N2O3S/c12-7-8-16-10-3-1-9(2-4-10)13-17(14,15)11-5-6-11/h1-4,11,13H,5-6,8H2. The van der Waals surface area contributed by atoms with E-state index in [9.17, 15) is 8.42 Å². The first-order valence-electron chi connectivity index (χ1n) is 5.23. The Labute approximate surface area is 100 Å². The molecular formula is C11H12N2O3S. The second-order valence-corrected chi connectivity index (χ2v) is 5.78. The normalized spacial score (nSPS) is 15.0. The lowest BCUT2D eigenvalue weighted by Gasteiger charge is -2.07. The van der Waals surface area contributed by atoms with E-state index in [1.165, 1.54) is 0 Å². The summed E-state index contributed by atoms with van der Waals surface area (Å²) in [5.41, 5.74) is 0.515. The van der Waals surface area contributed by atoms with Crippen molar-refractivity contribution in [3.8, 4) is 11.8 Å². The largest absolute Gasteiger partial charge is 0.479 e. The minimum atomic E-state index is -3.21. The van der Waals surface area contributed by atoms with Gasteiger partial charge in [-0.1, -0.05) is 0 Å². The molecule has 0 unspecified atom stereocenters. The molecule has 6 heteroatoms. The highest BCUT2D eigenvalue weighted by molar-refractivity contribution is 7.93. The van der Waals surface area contributed by atoms with Gasteiger partial charge in [-0.2, -0.15) is 5.26 Å². The van der Waals surface area contributed by atoms with Crippen LogP contribution in [-0.4, -0.2) is 20.3 Å². The number of anilines is 1. The van der Waals surface area contributed by atoms with Crippen LogP contribution in [0.3, 0.4) is 0 Å². The summed E-state index contributed by atoms with van der Waals surface area (Å²) in [6.45, 7) is -0.0207. The molecule has 2 rings (SSSR count). The first-order valence-corrected chi connectivity index (χ1v) is 6.78. The first kappa shape index (κ1) is 11.7. The molecule has 1 aliphatic carbocycles. The fourth-order valence-corrected chi connectivity index (χ4v) is 2.75. The van der Waals surface area contributed by atoms with E-state index in [-0.39, 0.29) is 11.9 Å². The van der Waals surface area contributed by atoms with Gasteiger partial charge in [0.2, 0.25) is 10.0 Å². The van der Waals surface area contributed by atoms with Crippen LogP contribution in [0.25, 0.3) is 0 Å². The van der Waals surface area contributed by atoms with Gasteiger partial charge in [0.05, 0.1) is 5.25 Å². The van der Waals surface area contributed by atoms with E-state index in [4.69, 9.17) is 10.00 Å². The maximum Gasteiger partial charge on any atom is 0.235 e. The molecule has 90 valence electrons. The van der Waals surface area contributed by atoms with Gasteiger partial charge in [-0.25, -0.2) is 8.42 Å². The van der Waals surface area contributed by atoms with E-state index in [2.05, 4.69) is 4.72 Å². The minimum absolute atomic E-state index is 0.0207. The van der Waals surface area contributed by atoms with Gasteiger partial charge in [0.25, 0.3) is 0 Å². The average molecular weight is 252 g/mol. The van der Waals surface area contributed by atoms with Crippen LogP contribution in [0.15, 0.2) is 24.3 Å². The number of nitrogens with zero attached hydrogens (tertiary/aromatic N) is 1. The SMILES string of the molecule is N#CCOc1ccc(NS(=O)(=O)C2CC2)cc1. The molecule has 0 spiro atoms. The van der Waals surface area contributed by atoms with Crippen LogP contribution in [0.5, 0.6) is 5.75 Å². The zero-order valence-corrected chi connectivity index (χ0v) is 9.90. The van der Waals surface area contributed by atoms with E-state index in [1.54, 1.807) is 24.3 Å². The third-order valence-corrected chi connectivity index (χ3v) is 4.25. The van der Waals surface area contributed by atoms with Crippen LogP contribution in [-0.2, 0) is 10.0 Å². The number of hydrogen-bond donors (Lipinski definition) is 1. The van der Waals surface area contributed by atoms with Crippen LogP contribution in [0, 0.1) is 11.3 Å². The average Bonchev–Trinajstić information content (AvgIpc) is 3.12. The maximum atomic E-state index is 11.6. The lowest BCUT2D eigenvalue weighted by atomic mass is 10.3. The van der Waals surface area contributed by atoms with Gasteiger partial charge in [-0.05, 0) is 37.1 Å². The molecule has 1 aromatic rings. The second kappa shape index (κ2) is 4.63. The molecule has 1 aromatic carbocycles. The van der Waals surface area contributed by atoms with Crippen molar-refractivity contribution in [3.05, 3.63) is 24.3 Å². The molecule has 1 aliphatic rings. The topological polar surface area (TPSA) is 79.2 Å². The van der Waals surface area contributed by atoms with Crippen LogP contribution in [0.4, 0.5) is 5.69 Å². The smallest absolute Gasteiger partial charge is 0.235 e. The molecule has 0 aromatic heterocycles. The molecule has 1 saturated carbocycles. The van der Waals surface area contributed by atoms with E-state index < -0.39 is 10.0 Å². The molecule has 5 nitrogen and oxygen atoms in total. The number of nitriles is 1. The summed E-state index contributed by atoms with van der Waals surface area (Å²) in [5.74, 6) is 0.543. The zero-order valence-electron chi connectivity index (χ0n) is 9.09. The van der Waals surface area contributed by atoms with Crippen molar-refractivity contribution in [1.82, 2.24) is 0 Å². The van der Waals surface area contributed by atoms with Crippen LogP contribution >= 0.6 is 0 Å². The number of ether oxygens (including phenoxy) is 1.